The molecule has 0 fully saturated rings. The Kier molecular flexibility index (Phi) is 4.17. The molecule has 0 saturated carbocycles. The van der Waals surface area contributed by atoms with E-state index in [0.29, 0.717) is 12.5 Å². The summed E-state index contributed by atoms with van der Waals surface area (Å²) in [4.78, 5) is 8.59. The van der Waals surface area contributed by atoms with Crippen molar-refractivity contribution in [2.75, 3.05) is 11.9 Å². The first kappa shape index (κ1) is 14.0. The van der Waals surface area contributed by atoms with E-state index in [-0.39, 0.29) is 5.54 Å². The van der Waals surface area contributed by atoms with Crippen LogP contribution in [0, 0.1) is 0 Å². The highest BCUT2D eigenvalue weighted by Crippen LogP contribution is 2.21. The number of nitrogens with zero attached hydrogens (tertiary/aromatic N) is 2. The molecule has 19 heavy (non-hydrogen) atoms. The summed E-state index contributed by atoms with van der Waals surface area (Å²) in [6.07, 6.45) is 3.61. The normalized spacial score (nSPS) is 11.4. The fourth-order valence-corrected chi connectivity index (χ4v) is 1.94. The van der Waals surface area contributed by atoms with Crippen LogP contribution in [0.1, 0.15) is 13.8 Å². The molecule has 0 bridgehead atoms. The van der Waals surface area contributed by atoms with Crippen molar-refractivity contribution >= 4 is 21.9 Å². The average molecular weight is 321 g/mol. The zero-order valence-electron chi connectivity index (χ0n) is 11.0. The number of rotatable bonds is 4. The lowest BCUT2D eigenvalue weighted by molar-refractivity contribution is 0.547. The Morgan fingerprint density at radius 3 is 2.47 bits per heavy atom. The standard InChI is InChI=1S/C14H17BrN4/c1-14(2,16)9-19-13-17-7-11(8-18-13)10-4-3-5-12(15)6-10/h3-8H,9,16H2,1-2H3,(H,17,18,19). The van der Waals surface area contributed by atoms with E-state index in [0.717, 1.165) is 15.6 Å². The second-order valence-corrected chi connectivity index (χ2v) is 6.06. The van der Waals surface area contributed by atoms with E-state index in [9.17, 15) is 0 Å². The second kappa shape index (κ2) is 5.67. The molecule has 3 N–H and O–H groups in total. The first-order valence-electron chi connectivity index (χ1n) is 6.05. The van der Waals surface area contributed by atoms with E-state index in [1.807, 2.05) is 38.1 Å². The van der Waals surface area contributed by atoms with Crippen LogP contribution in [0.15, 0.2) is 41.1 Å². The summed E-state index contributed by atoms with van der Waals surface area (Å²) in [6, 6.07) is 8.04. The minimum atomic E-state index is -0.285. The first-order valence-corrected chi connectivity index (χ1v) is 6.84. The topological polar surface area (TPSA) is 63.8 Å². The number of benzene rings is 1. The van der Waals surface area contributed by atoms with Gasteiger partial charge in [-0.3, -0.25) is 0 Å². The van der Waals surface area contributed by atoms with Crippen LogP contribution >= 0.6 is 15.9 Å². The fraction of sp³-hybridized carbons (Fsp3) is 0.286. The quantitative estimate of drug-likeness (QED) is 0.908. The fourth-order valence-electron chi connectivity index (χ4n) is 1.54. The van der Waals surface area contributed by atoms with Gasteiger partial charge in [-0.1, -0.05) is 28.1 Å². The molecule has 1 aromatic carbocycles. The summed E-state index contributed by atoms with van der Waals surface area (Å²) in [5.74, 6) is 0.595. The Labute approximate surface area is 121 Å². The van der Waals surface area contributed by atoms with Crippen molar-refractivity contribution in [1.82, 2.24) is 9.97 Å². The van der Waals surface area contributed by atoms with Gasteiger partial charge in [-0.2, -0.15) is 0 Å². The van der Waals surface area contributed by atoms with Gasteiger partial charge in [0.2, 0.25) is 5.95 Å². The Balaban J connectivity index is 2.10. The largest absolute Gasteiger partial charge is 0.352 e. The maximum Gasteiger partial charge on any atom is 0.222 e. The molecule has 0 aliphatic heterocycles. The van der Waals surface area contributed by atoms with Crippen LogP contribution < -0.4 is 11.1 Å². The number of hydrogen-bond acceptors (Lipinski definition) is 4. The predicted octanol–water partition coefficient (Wildman–Crippen LogP) is 3.06. The number of nitrogens with two attached hydrogens (primary N) is 1. The van der Waals surface area contributed by atoms with Crippen LogP contribution in [0.4, 0.5) is 5.95 Å². The lowest BCUT2D eigenvalue weighted by Gasteiger charge is -2.18. The molecule has 1 aromatic heterocycles. The molecule has 0 unspecified atom stereocenters. The number of hydrogen-bond donors (Lipinski definition) is 2. The number of aromatic nitrogens is 2. The highest BCUT2D eigenvalue weighted by atomic mass is 79.9. The molecule has 0 radical (unpaired) electrons. The summed E-state index contributed by atoms with van der Waals surface area (Å²) in [5, 5.41) is 3.12. The maximum atomic E-state index is 5.90. The molecular weight excluding hydrogens is 304 g/mol. The highest BCUT2D eigenvalue weighted by molar-refractivity contribution is 9.10. The predicted molar refractivity (Wildman–Crippen MR) is 81.9 cm³/mol. The Morgan fingerprint density at radius 1 is 1.21 bits per heavy atom. The zero-order valence-corrected chi connectivity index (χ0v) is 12.6. The van der Waals surface area contributed by atoms with Gasteiger partial charge in [0.05, 0.1) is 0 Å². The summed E-state index contributed by atoms with van der Waals surface area (Å²) in [7, 11) is 0. The molecule has 0 aliphatic rings. The minimum Gasteiger partial charge on any atom is -0.352 e. The minimum absolute atomic E-state index is 0.285. The van der Waals surface area contributed by atoms with E-state index in [1.54, 1.807) is 12.4 Å². The summed E-state index contributed by atoms with van der Waals surface area (Å²) in [6.45, 7) is 4.54. The summed E-state index contributed by atoms with van der Waals surface area (Å²) < 4.78 is 1.04. The lowest BCUT2D eigenvalue weighted by atomic mass is 10.1. The first-order chi connectivity index (χ1) is 8.94. The van der Waals surface area contributed by atoms with Crippen molar-refractivity contribution in [3.8, 4) is 11.1 Å². The third-order valence-electron chi connectivity index (χ3n) is 2.51. The van der Waals surface area contributed by atoms with Gasteiger partial charge in [-0.05, 0) is 31.5 Å². The van der Waals surface area contributed by atoms with E-state index >= 15 is 0 Å². The molecule has 0 aliphatic carbocycles. The Morgan fingerprint density at radius 2 is 1.89 bits per heavy atom. The van der Waals surface area contributed by atoms with Gasteiger partial charge >= 0.3 is 0 Å². The Hall–Kier alpha value is -1.46. The van der Waals surface area contributed by atoms with Gasteiger partial charge in [0.25, 0.3) is 0 Å². The summed E-state index contributed by atoms with van der Waals surface area (Å²) >= 11 is 3.45. The molecule has 0 amide bonds. The summed E-state index contributed by atoms with van der Waals surface area (Å²) in [5.41, 5.74) is 7.68. The highest BCUT2D eigenvalue weighted by Gasteiger charge is 2.10. The molecule has 0 saturated heterocycles. The molecule has 2 aromatic rings. The van der Waals surface area contributed by atoms with Gasteiger partial charge < -0.3 is 11.1 Å². The van der Waals surface area contributed by atoms with Crippen molar-refractivity contribution in [3.05, 3.63) is 41.1 Å². The molecule has 2 rings (SSSR count). The van der Waals surface area contributed by atoms with Crippen molar-refractivity contribution in [3.63, 3.8) is 0 Å². The van der Waals surface area contributed by atoms with Gasteiger partial charge in [0.1, 0.15) is 0 Å². The van der Waals surface area contributed by atoms with Gasteiger partial charge in [-0.15, -0.1) is 0 Å². The number of halogens is 1. The van der Waals surface area contributed by atoms with Crippen molar-refractivity contribution < 1.29 is 0 Å². The smallest absolute Gasteiger partial charge is 0.222 e. The van der Waals surface area contributed by atoms with Gasteiger partial charge in [-0.25, -0.2) is 9.97 Å². The molecule has 5 heteroatoms. The van der Waals surface area contributed by atoms with Crippen LogP contribution in [0.2, 0.25) is 0 Å². The van der Waals surface area contributed by atoms with Gasteiger partial charge in [0.15, 0.2) is 0 Å². The van der Waals surface area contributed by atoms with Crippen LogP contribution in [-0.4, -0.2) is 22.1 Å². The Bertz CT molecular complexity index is 546. The van der Waals surface area contributed by atoms with Crippen molar-refractivity contribution in [2.24, 2.45) is 5.73 Å². The third kappa shape index (κ3) is 4.29. The third-order valence-corrected chi connectivity index (χ3v) is 3.01. The molecule has 0 spiro atoms. The van der Waals surface area contributed by atoms with E-state index in [4.69, 9.17) is 5.73 Å². The maximum absolute atomic E-state index is 5.90. The van der Waals surface area contributed by atoms with Crippen LogP contribution in [0.3, 0.4) is 0 Å². The molecule has 100 valence electrons. The van der Waals surface area contributed by atoms with Crippen LogP contribution in [0.5, 0.6) is 0 Å². The average Bonchev–Trinajstić information content (AvgIpc) is 2.36. The lowest BCUT2D eigenvalue weighted by Crippen LogP contribution is -2.39. The van der Waals surface area contributed by atoms with E-state index < -0.39 is 0 Å². The zero-order chi connectivity index (χ0) is 13.9. The number of nitrogens with one attached hydrogen (secondary N) is 1. The number of anilines is 1. The molecule has 4 nitrogen and oxygen atoms in total. The molecule has 0 atom stereocenters. The van der Waals surface area contributed by atoms with Crippen molar-refractivity contribution in [2.45, 2.75) is 19.4 Å². The van der Waals surface area contributed by atoms with E-state index in [1.165, 1.54) is 0 Å². The van der Waals surface area contributed by atoms with E-state index in [2.05, 4.69) is 31.2 Å². The van der Waals surface area contributed by atoms with Gasteiger partial charge in [0, 0.05) is 34.5 Å². The molecule has 1 heterocycles. The molecular formula is C14H17BrN4. The second-order valence-electron chi connectivity index (χ2n) is 5.15. The SMILES string of the molecule is CC(C)(N)CNc1ncc(-c2cccc(Br)c2)cn1. The van der Waals surface area contributed by atoms with Crippen LogP contribution in [0.25, 0.3) is 11.1 Å². The monoisotopic (exact) mass is 320 g/mol. The van der Waals surface area contributed by atoms with Crippen LogP contribution in [-0.2, 0) is 0 Å². The van der Waals surface area contributed by atoms with Crippen molar-refractivity contribution in [1.29, 1.82) is 0 Å².